The van der Waals surface area contributed by atoms with E-state index in [1.54, 1.807) is 12.3 Å². The topological polar surface area (TPSA) is 62.0 Å². The molecule has 84 valence electrons. The van der Waals surface area contributed by atoms with Crippen LogP contribution < -0.4 is 4.90 Å². The molecular formula is C11H14N4O. The van der Waals surface area contributed by atoms with Crippen LogP contribution in [-0.2, 0) is 4.74 Å². The molecular weight excluding hydrogens is 204 g/mol. The van der Waals surface area contributed by atoms with Crippen LogP contribution in [0.15, 0.2) is 12.3 Å². The van der Waals surface area contributed by atoms with E-state index in [2.05, 4.69) is 28.1 Å². The van der Waals surface area contributed by atoms with Gasteiger partial charge >= 0.3 is 0 Å². The normalized spacial score (nSPS) is 20.5. The van der Waals surface area contributed by atoms with Gasteiger partial charge in [0.05, 0.1) is 31.0 Å². The van der Waals surface area contributed by atoms with Gasteiger partial charge in [0.15, 0.2) is 5.82 Å². The van der Waals surface area contributed by atoms with E-state index >= 15 is 0 Å². The molecule has 1 aromatic heterocycles. The molecule has 0 saturated carbocycles. The van der Waals surface area contributed by atoms with Crippen molar-refractivity contribution in [2.45, 2.75) is 19.4 Å². The second-order valence-electron chi connectivity index (χ2n) is 3.71. The lowest BCUT2D eigenvalue weighted by molar-refractivity contribution is 0.0924. The number of nitriles is 1. The van der Waals surface area contributed by atoms with Crippen molar-refractivity contribution in [3.05, 3.63) is 17.8 Å². The minimum atomic E-state index is 0.289. The summed E-state index contributed by atoms with van der Waals surface area (Å²) in [5.41, 5.74) is 0.579. The summed E-state index contributed by atoms with van der Waals surface area (Å²) in [6, 6.07) is 4.14. The van der Waals surface area contributed by atoms with Crippen LogP contribution in [0.3, 0.4) is 0 Å². The lowest BCUT2D eigenvalue weighted by Gasteiger charge is -2.35. The number of hydrogen-bond donors (Lipinski definition) is 0. The van der Waals surface area contributed by atoms with Crippen LogP contribution in [-0.4, -0.2) is 36.0 Å². The van der Waals surface area contributed by atoms with Gasteiger partial charge in [-0.1, -0.05) is 6.92 Å². The average molecular weight is 218 g/mol. The van der Waals surface area contributed by atoms with Gasteiger partial charge < -0.3 is 9.64 Å². The standard InChI is InChI=1S/C11H14N4O/c1-2-10-8-16-6-5-15(10)11-9(7-12)3-4-13-14-11/h3-4,10H,2,5-6,8H2,1H3. The first-order chi connectivity index (χ1) is 7.86. The van der Waals surface area contributed by atoms with E-state index in [1.165, 1.54) is 0 Å². The Labute approximate surface area is 94.7 Å². The monoisotopic (exact) mass is 218 g/mol. The van der Waals surface area contributed by atoms with Crippen LogP contribution >= 0.6 is 0 Å². The highest BCUT2D eigenvalue weighted by molar-refractivity contribution is 5.53. The maximum atomic E-state index is 9.03. The number of morpholine rings is 1. The van der Waals surface area contributed by atoms with Gasteiger partial charge in [-0.3, -0.25) is 0 Å². The average Bonchev–Trinajstić information content (AvgIpc) is 2.38. The summed E-state index contributed by atoms with van der Waals surface area (Å²) in [6.07, 6.45) is 2.52. The van der Waals surface area contributed by atoms with Crippen LogP contribution in [0.2, 0.25) is 0 Å². The summed E-state index contributed by atoms with van der Waals surface area (Å²) < 4.78 is 5.43. The molecule has 0 amide bonds. The van der Waals surface area contributed by atoms with Gasteiger partial charge in [0, 0.05) is 6.54 Å². The quantitative estimate of drug-likeness (QED) is 0.740. The Bertz CT molecular complexity index is 401. The highest BCUT2D eigenvalue weighted by Crippen LogP contribution is 2.21. The van der Waals surface area contributed by atoms with Gasteiger partial charge in [-0.05, 0) is 12.5 Å². The fourth-order valence-corrected chi connectivity index (χ4v) is 1.90. The third-order valence-corrected chi connectivity index (χ3v) is 2.79. The zero-order valence-corrected chi connectivity index (χ0v) is 9.26. The molecule has 2 rings (SSSR count). The zero-order valence-electron chi connectivity index (χ0n) is 9.26. The van der Waals surface area contributed by atoms with Crippen molar-refractivity contribution < 1.29 is 4.74 Å². The fraction of sp³-hybridized carbons (Fsp3) is 0.545. The summed E-state index contributed by atoms with van der Waals surface area (Å²) in [5.74, 6) is 0.681. The van der Waals surface area contributed by atoms with Crippen molar-refractivity contribution in [2.75, 3.05) is 24.7 Å². The molecule has 1 atom stereocenters. The molecule has 0 aromatic carbocycles. The Morgan fingerprint density at radius 2 is 2.56 bits per heavy atom. The molecule has 1 aliphatic heterocycles. The second-order valence-corrected chi connectivity index (χ2v) is 3.71. The molecule has 1 unspecified atom stereocenters. The predicted molar refractivity (Wildman–Crippen MR) is 59.0 cm³/mol. The molecule has 5 heteroatoms. The van der Waals surface area contributed by atoms with E-state index in [1.807, 2.05) is 0 Å². The number of aromatic nitrogens is 2. The van der Waals surface area contributed by atoms with Gasteiger partial charge in [0.25, 0.3) is 0 Å². The molecule has 0 radical (unpaired) electrons. The molecule has 1 aliphatic rings. The maximum Gasteiger partial charge on any atom is 0.169 e. The van der Waals surface area contributed by atoms with Gasteiger partial charge in [-0.25, -0.2) is 0 Å². The minimum Gasteiger partial charge on any atom is -0.377 e. The van der Waals surface area contributed by atoms with Crippen LogP contribution in [0.4, 0.5) is 5.82 Å². The molecule has 0 bridgehead atoms. The van der Waals surface area contributed by atoms with Crippen molar-refractivity contribution in [3.63, 3.8) is 0 Å². The minimum absolute atomic E-state index is 0.289. The first-order valence-corrected chi connectivity index (χ1v) is 5.43. The molecule has 16 heavy (non-hydrogen) atoms. The van der Waals surface area contributed by atoms with Crippen LogP contribution in [0, 0.1) is 11.3 Å². The van der Waals surface area contributed by atoms with Crippen LogP contribution in [0.1, 0.15) is 18.9 Å². The number of ether oxygens (including phenoxy) is 1. The smallest absolute Gasteiger partial charge is 0.169 e. The third-order valence-electron chi connectivity index (χ3n) is 2.79. The lowest BCUT2D eigenvalue weighted by atomic mass is 10.1. The second kappa shape index (κ2) is 4.90. The molecule has 2 heterocycles. The van der Waals surface area contributed by atoms with Crippen molar-refractivity contribution in [2.24, 2.45) is 0 Å². The maximum absolute atomic E-state index is 9.03. The van der Waals surface area contributed by atoms with E-state index in [4.69, 9.17) is 10.00 Å². The van der Waals surface area contributed by atoms with E-state index in [-0.39, 0.29) is 6.04 Å². The lowest BCUT2D eigenvalue weighted by Crippen LogP contribution is -2.46. The number of nitrogens with zero attached hydrogens (tertiary/aromatic N) is 4. The van der Waals surface area contributed by atoms with Gasteiger partial charge in [-0.15, -0.1) is 5.10 Å². The third kappa shape index (κ3) is 1.97. The predicted octanol–water partition coefficient (Wildman–Crippen LogP) is 0.963. The Hall–Kier alpha value is -1.67. The Morgan fingerprint density at radius 1 is 1.69 bits per heavy atom. The largest absolute Gasteiger partial charge is 0.377 e. The Kier molecular flexibility index (Phi) is 3.32. The van der Waals surface area contributed by atoms with E-state index < -0.39 is 0 Å². The Balaban J connectivity index is 2.31. The first-order valence-electron chi connectivity index (χ1n) is 5.43. The highest BCUT2D eigenvalue weighted by atomic mass is 16.5. The number of anilines is 1. The Morgan fingerprint density at radius 3 is 3.31 bits per heavy atom. The van der Waals surface area contributed by atoms with Crippen LogP contribution in [0.5, 0.6) is 0 Å². The summed E-state index contributed by atoms with van der Waals surface area (Å²) in [6.45, 7) is 4.25. The van der Waals surface area contributed by atoms with Crippen molar-refractivity contribution in [1.29, 1.82) is 5.26 Å². The van der Waals surface area contributed by atoms with Crippen molar-refractivity contribution >= 4 is 5.82 Å². The van der Waals surface area contributed by atoms with Gasteiger partial charge in [-0.2, -0.15) is 10.4 Å². The van der Waals surface area contributed by atoms with Gasteiger partial charge in [0.2, 0.25) is 0 Å². The molecule has 5 nitrogen and oxygen atoms in total. The van der Waals surface area contributed by atoms with E-state index in [9.17, 15) is 0 Å². The molecule has 1 saturated heterocycles. The van der Waals surface area contributed by atoms with E-state index in [0.717, 1.165) is 13.0 Å². The first kappa shape index (κ1) is 10.8. The fourth-order valence-electron chi connectivity index (χ4n) is 1.90. The molecule has 0 spiro atoms. The molecule has 0 N–H and O–H groups in total. The summed E-state index contributed by atoms with van der Waals surface area (Å²) in [4.78, 5) is 2.12. The van der Waals surface area contributed by atoms with Crippen LogP contribution in [0.25, 0.3) is 0 Å². The summed E-state index contributed by atoms with van der Waals surface area (Å²) >= 11 is 0. The summed E-state index contributed by atoms with van der Waals surface area (Å²) in [5, 5.41) is 17.0. The SMILES string of the molecule is CCC1COCCN1c1nnccc1C#N. The number of hydrogen-bond acceptors (Lipinski definition) is 5. The summed E-state index contributed by atoms with van der Waals surface area (Å²) in [7, 11) is 0. The molecule has 1 fully saturated rings. The van der Waals surface area contributed by atoms with Crippen molar-refractivity contribution in [1.82, 2.24) is 10.2 Å². The molecule has 1 aromatic rings. The van der Waals surface area contributed by atoms with E-state index in [0.29, 0.717) is 24.6 Å². The highest BCUT2D eigenvalue weighted by Gasteiger charge is 2.24. The molecule has 0 aliphatic carbocycles. The number of rotatable bonds is 2. The van der Waals surface area contributed by atoms with Gasteiger partial charge in [0.1, 0.15) is 6.07 Å². The zero-order chi connectivity index (χ0) is 11.4. The van der Waals surface area contributed by atoms with Crippen molar-refractivity contribution in [3.8, 4) is 6.07 Å².